The number of nitrogens with one attached hydrogen (secondary N) is 1. The number of hydrogen-bond donors (Lipinski definition) is 1. The number of nitrogens with zero attached hydrogens (tertiary/aromatic N) is 1. The maximum Gasteiger partial charge on any atom is 0.0970 e. The van der Waals surface area contributed by atoms with Crippen LogP contribution in [-0.4, -0.2) is 5.01 Å². The second-order valence-corrected chi connectivity index (χ2v) is 9.24. The molecule has 0 aromatic heterocycles. The van der Waals surface area contributed by atoms with Crippen molar-refractivity contribution in [1.82, 2.24) is 10.4 Å². The molecule has 2 unspecified atom stereocenters. The van der Waals surface area contributed by atoms with Crippen LogP contribution < -0.4 is 5.43 Å². The first-order valence-electron chi connectivity index (χ1n) is 8.42. The van der Waals surface area contributed by atoms with E-state index in [1.54, 1.807) is 0 Å². The van der Waals surface area contributed by atoms with Crippen molar-refractivity contribution in [2.24, 2.45) is 0 Å². The Morgan fingerprint density at radius 3 is 2.15 bits per heavy atom. The first-order chi connectivity index (χ1) is 12.7. The van der Waals surface area contributed by atoms with Gasteiger partial charge >= 0.3 is 0 Å². The molecule has 3 aromatic rings. The largest absolute Gasteiger partial charge is 0.236 e. The van der Waals surface area contributed by atoms with Gasteiger partial charge in [0.25, 0.3) is 0 Å². The van der Waals surface area contributed by atoms with Crippen LogP contribution in [0.1, 0.15) is 27.4 Å². The van der Waals surface area contributed by atoms with Crippen molar-refractivity contribution >= 4 is 43.6 Å². The molecule has 26 heavy (non-hydrogen) atoms. The van der Waals surface area contributed by atoms with Gasteiger partial charge < -0.3 is 0 Å². The van der Waals surface area contributed by atoms with Crippen molar-refractivity contribution in [2.75, 3.05) is 0 Å². The Morgan fingerprint density at radius 1 is 0.808 bits per heavy atom. The van der Waals surface area contributed by atoms with E-state index in [0.29, 0.717) is 0 Å². The van der Waals surface area contributed by atoms with E-state index in [0.717, 1.165) is 15.5 Å². The standard InChI is InChI=1S/C21H18Br2N2S/c22-18-10-4-8-16(12-18)20-24-25(14-15-6-2-1-3-7-15)21(26-20)17-9-5-11-19(23)13-17/h1-13,20-21,24H,14H2. The zero-order valence-corrected chi connectivity index (χ0v) is 18.0. The first kappa shape index (κ1) is 18.3. The van der Waals surface area contributed by atoms with Crippen LogP contribution in [0.2, 0.25) is 0 Å². The summed E-state index contributed by atoms with van der Waals surface area (Å²) in [7, 11) is 0. The SMILES string of the molecule is Brc1cccc(C2NN(Cc3ccccc3)C(c3cccc(Br)c3)S2)c1. The molecule has 5 heteroatoms. The van der Waals surface area contributed by atoms with Crippen LogP contribution in [0.15, 0.2) is 87.8 Å². The summed E-state index contributed by atoms with van der Waals surface area (Å²) in [5.74, 6) is 0. The molecule has 1 aliphatic rings. The third kappa shape index (κ3) is 4.24. The smallest absolute Gasteiger partial charge is 0.0970 e. The highest BCUT2D eigenvalue weighted by molar-refractivity contribution is 9.10. The first-order valence-corrected chi connectivity index (χ1v) is 10.9. The molecular weight excluding hydrogens is 472 g/mol. The molecular formula is C21H18Br2N2S. The number of rotatable bonds is 4. The average molecular weight is 490 g/mol. The third-order valence-corrected chi connectivity index (χ3v) is 6.73. The van der Waals surface area contributed by atoms with Crippen molar-refractivity contribution in [3.8, 4) is 0 Å². The van der Waals surface area contributed by atoms with E-state index in [1.165, 1.54) is 16.7 Å². The second kappa shape index (κ2) is 8.28. The minimum atomic E-state index is 0.222. The maximum atomic E-state index is 3.71. The van der Waals surface area contributed by atoms with Gasteiger partial charge in [-0.1, -0.05) is 86.5 Å². The van der Waals surface area contributed by atoms with Gasteiger partial charge in [-0.3, -0.25) is 0 Å². The minimum Gasteiger partial charge on any atom is -0.236 e. The Balaban J connectivity index is 1.64. The van der Waals surface area contributed by atoms with E-state index < -0.39 is 0 Å². The number of hydrazine groups is 1. The van der Waals surface area contributed by atoms with Crippen molar-refractivity contribution in [3.63, 3.8) is 0 Å². The van der Waals surface area contributed by atoms with Crippen LogP contribution in [0.25, 0.3) is 0 Å². The molecule has 2 nitrogen and oxygen atoms in total. The number of halogens is 2. The molecule has 0 bridgehead atoms. The van der Waals surface area contributed by atoms with Gasteiger partial charge in [0.15, 0.2) is 0 Å². The summed E-state index contributed by atoms with van der Waals surface area (Å²) in [5.41, 5.74) is 7.59. The quantitative estimate of drug-likeness (QED) is 0.440. The normalized spacial score (nSPS) is 20.4. The second-order valence-electron chi connectivity index (χ2n) is 6.22. The van der Waals surface area contributed by atoms with Crippen LogP contribution in [0.5, 0.6) is 0 Å². The van der Waals surface area contributed by atoms with Gasteiger partial charge in [-0.25, -0.2) is 10.4 Å². The lowest BCUT2D eigenvalue weighted by molar-refractivity contribution is 0.178. The Morgan fingerprint density at radius 2 is 1.46 bits per heavy atom. The van der Waals surface area contributed by atoms with Gasteiger partial charge in [-0.05, 0) is 41.0 Å². The zero-order chi connectivity index (χ0) is 17.9. The molecule has 2 atom stereocenters. The Kier molecular flexibility index (Phi) is 5.81. The number of hydrogen-bond acceptors (Lipinski definition) is 3. The van der Waals surface area contributed by atoms with Gasteiger partial charge in [0.05, 0.1) is 10.7 Å². The van der Waals surface area contributed by atoms with Crippen molar-refractivity contribution in [3.05, 3.63) is 104 Å². The summed E-state index contributed by atoms with van der Waals surface area (Å²) in [5, 5.41) is 2.81. The Hall–Kier alpha value is -1.11. The van der Waals surface area contributed by atoms with E-state index >= 15 is 0 Å². The highest BCUT2D eigenvalue weighted by Crippen LogP contribution is 2.47. The van der Waals surface area contributed by atoms with Crippen molar-refractivity contribution in [2.45, 2.75) is 17.3 Å². The molecule has 0 amide bonds. The predicted octanol–water partition coefficient (Wildman–Crippen LogP) is 6.66. The molecule has 1 fully saturated rings. The topological polar surface area (TPSA) is 15.3 Å². The average Bonchev–Trinajstić information content (AvgIpc) is 3.06. The van der Waals surface area contributed by atoms with Crippen molar-refractivity contribution in [1.29, 1.82) is 0 Å². The molecule has 3 aromatic carbocycles. The summed E-state index contributed by atoms with van der Waals surface area (Å²) in [6, 6.07) is 27.7. The lowest BCUT2D eigenvalue weighted by Gasteiger charge is -2.23. The molecule has 0 saturated carbocycles. The number of benzene rings is 3. The van der Waals surface area contributed by atoms with Gasteiger partial charge in [-0.2, -0.15) is 0 Å². The number of thioether (sulfide) groups is 1. The molecule has 1 N–H and O–H groups in total. The van der Waals surface area contributed by atoms with E-state index in [2.05, 4.69) is 121 Å². The van der Waals surface area contributed by atoms with E-state index in [1.807, 2.05) is 11.8 Å². The van der Waals surface area contributed by atoms with Gasteiger partial charge in [0, 0.05) is 15.5 Å². The highest BCUT2D eigenvalue weighted by atomic mass is 79.9. The molecule has 132 valence electrons. The molecule has 1 saturated heterocycles. The van der Waals surface area contributed by atoms with E-state index in [4.69, 9.17) is 0 Å². The van der Waals surface area contributed by atoms with E-state index in [9.17, 15) is 0 Å². The molecule has 0 aliphatic carbocycles. The summed E-state index contributed by atoms with van der Waals surface area (Å²) in [6.07, 6.45) is 0. The molecule has 0 spiro atoms. The van der Waals surface area contributed by atoms with Gasteiger partial charge in [-0.15, -0.1) is 11.8 Å². The van der Waals surface area contributed by atoms with Gasteiger partial charge in [0.1, 0.15) is 0 Å². The predicted molar refractivity (Wildman–Crippen MR) is 116 cm³/mol. The Labute approximate surface area is 175 Å². The fourth-order valence-corrected chi connectivity index (χ4v) is 5.28. The van der Waals surface area contributed by atoms with Crippen LogP contribution in [0.3, 0.4) is 0 Å². The molecule has 1 aliphatic heterocycles. The fraction of sp³-hybridized carbons (Fsp3) is 0.143. The van der Waals surface area contributed by atoms with Crippen molar-refractivity contribution < 1.29 is 0 Å². The molecule has 1 heterocycles. The van der Waals surface area contributed by atoms with Gasteiger partial charge in [0.2, 0.25) is 0 Å². The highest BCUT2D eigenvalue weighted by Gasteiger charge is 2.34. The summed E-state index contributed by atoms with van der Waals surface area (Å²) < 4.78 is 2.22. The fourth-order valence-electron chi connectivity index (χ4n) is 3.10. The van der Waals surface area contributed by atoms with Crippen LogP contribution >= 0.6 is 43.6 Å². The minimum absolute atomic E-state index is 0.222. The monoisotopic (exact) mass is 488 g/mol. The lowest BCUT2D eigenvalue weighted by Crippen LogP contribution is -2.33. The molecule has 4 rings (SSSR count). The zero-order valence-electron chi connectivity index (χ0n) is 14.0. The summed E-state index contributed by atoms with van der Waals surface area (Å²) >= 11 is 9.14. The lowest BCUT2D eigenvalue weighted by atomic mass is 10.2. The molecule has 0 radical (unpaired) electrons. The van der Waals surface area contributed by atoms with Crippen LogP contribution in [0, 0.1) is 0 Å². The summed E-state index contributed by atoms with van der Waals surface area (Å²) in [4.78, 5) is 0. The maximum absolute atomic E-state index is 3.71. The van der Waals surface area contributed by atoms with E-state index in [-0.39, 0.29) is 10.7 Å². The Bertz CT molecular complexity index is 888. The van der Waals surface area contributed by atoms with Crippen LogP contribution in [-0.2, 0) is 6.54 Å². The summed E-state index contributed by atoms with van der Waals surface area (Å²) in [6.45, 7) is 0.857. The van der Waals surface area contributed by atoms with Crippen LogP contribution in [0.4, 0.5) is 0 Å². The third-order valence-electron chi connectivity index (χ3n) is 4.31.